The van der Waals surface area contributed by atoms with E-state index in [0.717, 1.165) is 116 Å². The number of aryl methyl sites for hydroxylation is 1. The number of sulfone groups is 1. The lowest BCUT2D eigenvalue weighted by molar-refractivity contribution is -0.182. The molecule has 19 nitrogen and oxygen atoms in total. The number of sulfonamides is 1. The average Bonchev–Trinajstić information content (AvgIpc) is 0.756. The summed E-state index contributed by atoms with van der Waals surface area (Å²) in [7, 11) is -11.0. The number of allylic oxidation sites excluding steroid dienone is 1. The Morgan fingerprint density at radius 3 is 2.12 bits per heavy atom. The lowest BCUT2D eigenvalue weighted by Crippen LogP contribution is -2.63. The van der Waals surface area contributed by atoms with Crippen LogP contribution in [0.2, 0.25) is 0 Å². The molecule has 0 unspecified atom stereocenters. The molecule has 7 aliphatic rings. The minimum atomic E-state index is -6.14. The molecule has 3 saturated carbocycles. The first kappa shape index (κ1) is 76.7. The second kappa shape index (κ2) is 31.7. The van der Waals surface area contributed by atoms with Crippen LogP contribution >= 0.6 is 23.1 Å². The molecule has 5 aromatic rings. The van der Waals surface area contributed by atoms with Crippen molar-refractivity contribution in [3.05, 3.63) is 131 Å². The van der Waals surface area contributed by atoms with Gasteiger partial charge in [0.15, 0.2) is 0 Å². The Bertz CT molecular complexity index is 4040. The van der Waals surface area contributed by atoms with Crippen LogP contribution in [0.4, 0.5) is 24.5 Å². The zero-order valence-electron chi connectivity index (χ0n) is 59.9. The predicted molar refractivity (Wildman–Crippen MR) is 395 cm³/mol. The molecule has 4 aromatic carbocycles. The van der Waals surface area contributed by atoms with Crippen molar-refractivity contribution in [3.63, 3.8) is 0 Å². The standard InChI is InChI=1S/C76H101F3N10O9S4/c1-8-74-48-75(49-74,50-74)62-43-73(6,7)30-28-56(62)45-87-37-39-88(40-38-87)58-24-22-55(23-25-58)69(92)84-102(97,98)61-26-27-63(65(42-61)101(95,96)76(77,78)79)82-57(47-99-60-15-11-9-12-16-60)29-32-86-35-33-85(34-36-86)31-14-10-13-17-66(91)83-68(72(3,4)5)71(94)89-46-59(90)41-64(89)70(93)80-44-53-18-20-54(21-19-53)67-52(2)81-51-100-67/h9,11-12,15-16,18-27,42,51,57,59,64,68,82,90H,8,10,13-14,17,28-41,43-50H2,1-7H3,(H,80,93)(H,83,91)(H,84,92)/t57-,59-,64+,68-,74?,75?/m1/s1. The van der Waals surface area contributed by atoms with E-state index in [-0.39, 0.29) is 43.3 Å². The highest BCUT2D eigenvalue weighted by molar-refractivity contribution is 7.99. The Morgan fingerprint density at radius 1 is 0.814 bits per heavy atom. The van der Waals surface area contributed by atoms with E-state index < -0.39 is 82.3 Å². The number of piperazine rings is 2. The third kappa shape index (κ3) is 18.3. The molecule has 3 aliphatic heterocycles. The van der Waals surface area contributed by atoms with E-state index in [1.54, 1.807) is 40.1 Å². The maximum Gasteiger partial charge on any atom is 0.501 e. The third-order valence-electron chi connectivity index (χ3n) is 22.0. The van der Waals surface area contributed by atoms with Crippen LogP contribution in [0.3, 0.4) is 0 Å². The highest BCUT2D eigenvalue weighted by atomic mass is 32.2. The van der Waals surface area contributed by atoms with Crippen molar-refractivity contribution < 1.29 is 54.3 Å². The minimum absolute atomic E-state index is 0.00316. The number of halogens is 3. The SMILES string of the molecule is CCC12CC(C3=C(CN4CCN(c5ccc(C(=O)NS(=O)(=O)c6ccc(N[C@H](CCN7CCN(CCCCCC(=O)N[C@H](C(=O)N8C[C@H](O)C[C@H]8C(=O)NCc8ccc(-c9scnc9C)cc8)C(C)(C)C)CC7)CSc7ccccc7)c(S(=O)(=O)C(F)(F)F)c6)cc5)CC4)CCC(C)(C)C3)(C1)C2. The van der Waals surface area contributed by atoms with E-state index in [1.165, 1.54) is 67.3 Å². The minimum Gasteiger partial charge on any atom is -0.391 e. The molecule has 5 N–H and O–H groups in total. The molecule has 26 heteroatoms. The highest BCUT2D eigenvalue weighted by Crippen LogP contribution is 2.79. The largest absolute Gasteiger partial charge is 0.501 e. The van der Waals surface area contributed by atoms with Crippen LogP contribution in [0, 0.1) is 28.6 Å². The summed E-state index contributed by atoms with van der Waals surface area (Å²) in [5, 5.41) is 19.7. The topological polar surface area (TPSA) is 234 Å². The molecule has 12 rings (SSSR count). The number of aromatic nitrogens is 1. The molecule has 2 bridgehead atoms. The number of thioether (sulfide) groups is 1. The number of carbonyl (C=O) groups excluding carboxylic acids is 4. The molecular weight excluding hydrogens is 1380 g/mol. The monoisotopic (exact) mass is 1480 g/mol. The van der Waals surface area contributed by atoms with E-state index in [9.17, 15) is 54.3 Å². The fraction of sp³-hybridized carbons (Fsp3) is 0.566. The molecule has 0 radical (unpaired) electrons. The first-order valence-electron chi connectivity index (χ1n) is 36.1. The van der Waals surface area contributed by atoms with Gasteiger partial charge in [-0.3, -0.25) is 24.1 Å². The normalized spacial score (nSPS) is 22.7. The van der Waals surface area contributed by atoms with Gasteiger partial charge in [0, 0.05) is 119 Å². The molecule has 4 aliphatic carbocycles. The second-order valence-electron chi connectivity index (χ2n) is 31.1. The predicted octanol–water partition coefficient (Wildman–Crippen LogP) is 11.7. The fourth-order valence-corrected chi connectivity index (χ4v) is 19.7. The number of likely N-dealkylation sites (tertiary alicyclic amines) is 1. The van der Waals surface area contributed by atoms with Gasteiger partial charge in [0.1, 0.15) is 17.0 Å². The number of unbranched alkanes of at least 4 members (excludes halogenated alkanes) is 2. The first-order chi connectivity index (χ1) is 48.3. The van der Waals surface area contributed by atoms with Gasteiger partial charge in [-0.1, -0.05) is 108 Å². The van der Waals surface area contributed by atoms with E-state index >= 15 is 0 Å². The Labute approximate surface area is 608 Å². The van der Waals surface area contributed by atoms with Gasteiger partial charge in [0.05, 0.1) is 32.8 Å². The summed E-state index contributed by atoms with van der Waals surface area (Å²) < 4.78 is 100. The summed E-state index contributed by atoms with van der Waals surface area (Å²) in [5.41, 5.74) is 3.31. The second-order valence-corrected chi connectivity index (χ2v) is 36.7. The van der Waals surface area contributed by atoms with Crippen molar-refractivity contribution in [2.24, 2.45) is 21.7 Å². The molecule has 1 aromatic heterocycles. The molecule has 554 valence electrons. The summed E-state index contributed by atoms with van der Waals surface area (Å²) in [6.45, 7) is 23.3. The average molecular weight is 1480 g/mol. The van der Waals surface area contributed by atoms with E-state index in [2.05, 4.69) is 61.3 Å². The molecule has 102 heavy (non-hydrogen) atoms. The number of anilines is 2. The van der Waals surface area contributed by atoms with Gasteiger partial charge in [-0.15, -0.1) is 23.1 Å². The number of aliphatic hydroxyl groups excluding tert-OH is 1. The first-order valence-corrected chi connectivity index (χ1v) is 40.9. The number of β-amino-alcohol motifs (C(OH)–C–C–N with tert-alkyl or cyclic N) is 1. The summed E-state index contributed by atoms with van der Waals surface area (Å²) in [6, 6.07) is 23.7. The summed E-state index contributed by atoms with van der Waals surface area (Å²) >= 11 is 2.99. The maximum absolute atomic E-state index is 14.6. The Hall–Kier alpha value is -6.39. The van der Waals surface area contributed by atoms with Crippen LogP contribution in [-0.4, -0.2) is 184 Å². The Balaban J connectivity index is 0.641. The van der Waals surface area contributed by atoms with Crippen molar-refractivity contribution in [1.29, 1.82) is 0 Å². The van der Waals surface area contributed by atoms with Crippen LogP contribution in [0.5, 0.6) is 0 Å². The van der Waals surface area contributed by atoms with Crippen LogP contribution in [0.15, 0.2) is 128 Å². The molecule has 4 atom stereocenters. The van der Waals surface area contributed by atoms with Crippen molar-refractivity contribution in [3.8, 4) is 10.4 Å². The van der Waals surface area contributed by atoms with Crippen molar-refractivity contribution in [2.45, 2.75) is 183 Å². The fourth-order valence-electron chi connectivity index (χ4n) is 15.9. The lowest BCUT2D eigenvalue weighted by atomic mass is 9.31. The van der Waals surface area contributed by atoms with E-state index in [1.807, 2.05) is 87.0 Å². The zero-order chi connectivity index (χ0) is 73.0. The van der Waals surface area contributed by atoms with Gasteiger partial charge in [-0.2, -0.15) is 13.2 Å². The van der Waals surface area contributed by atoms with Crippen LogP contribution in [-0.2, 0) is 40.8 Å². The number of benzene rings is 4. The highest BCUT2D eigenvalue weighted by Gasteiger charge is 2.68. The molecule has 4 heterocycles. The Morgan fingerprint density at radius 2 is 1.48 bits per heavy atom. The summed E-state index contributed by atoms with van der Waals surface area (Å²) in [4.78, 5) is 69.9. The van der Waals surface area contributed by atoms with Gasteiger partial charge in [0.25, 0.3) is 25.8 Å². The van der Waals surface area contributed by atoms with E-state index in [0.29, 0.717) is 60.5 Å². The number of thiazole rings is 1. The number of nitrogens with one attached hydrogen (secondary N) is 4. The molecular formula is C76H101F3N10O9S4. The van der Waals surface area contributed by atoms with Crippen molar-refractivity contribution in [1.82, 2.24) is 39.9 Å². The number of hydrogen-bond donors (Lipinski definition) is 5. The number of aliphatic hydroxyl groups is 1. The van der Waals surface area contributed by atoms with Crippen LogP contribution in [0.1, 0.15) is 147 Å². The number of amides is 4. The van der Waals surface area contributed by atoms with E-state index in [4.69, 9.17) is 0 Å². The molecule has 6 fully saturated rings. The van der Waals surface area contributed by atoms with Crippen molar-refractivity contribution >= 4 is 78.0 Å². The summed E-state index contributed by atoms with van der Waals surface area (Å²) in [6.07, 6.45) is 10.8. The Kier molecular flexibility index (Phi) is 23.9. The number of hydrogen-bond acceptors (Lipinski definition) is 17. The van der Waals surface area contributed by atoms with Gasteiger partial charge in [-0.25, -0.2) is 26.5 Å². The molecule has 4 amide bonds. The summed E-state index contributed by atoms with van der Waals surface area (Å²) in [5.74, 6) is -1.80. The maximum atomic E-state index is 14.6. The number of carbonyl (C=O) groups is 4. The van der Waals surface area contributed by atoms with Gasteiger partial charge in [0.2, 0.25) is 17.7 Å². The van der Waals surface area contributed by atoms with Gasteiger partial charge in [-0.05, 0) is 159 Å². The quantitative estimate of drug-likeness (QED) is 0.0170. The van der Waals surface area contributed by atoms with Crippen molar-refractivity contribution in [2.75, 3.05) is 94.5 Å². The number of nitrogens with zero attached hydrogens (tertiary/aromatic N) is 6. The molecule has 0 spiro atoms. The van der Waals surface area contributed by atoms with Gasteiger partial charge >= 0.3 is 5.51 Å². The number of rotatable bonds is 29. The van der Waals surface area contributed by atoms with Crippen LogP contribution < -0.4 is 25.6 Å². The zero-order valence-corrected chi connectivity index (χ0v) is 63.1. The van der Waals surface area contributed by atoms with Crippen LogP contribution in [0.25, 0.3) is 10.4 Å². The number of alkyl halides is 3. The lowest BCUT2D eigenvalue weighted by Gasteiger charge is -2.73. The molecule has 3 saturated heterocycles. The smallest absolute Gasteiger partial charge is 0.391 e. The third-order valence-corrected chi connectivity index (χ3v) is 27.0. The van der Waals surface area contributed by atoms with Gasteiger partial charge < -0.3 is 40.7 Å².